The lowest BCUT2D eigenvalue weighted by Gasteiger charge is -1.96. The molecule has 2 heterocycles. The molecule has 0 bridgehead atoms. The Morgan fingerprint density at radius 2 is 2.10 bits per heavy atom. The Morgan fingerprint density at radius 1 is 1.30 bits per heavy atom. The number of carbonyl (C=O) groups is 1. The fraction of sp³-hybridized carbons (Fsp3) is 0.200. The van der Waals surface area contributed by atoms with Crippen LogP contribution in [0.2, 0.25) is 0 Å². The van der Waals surface area contributed by atoms with Crippen molar-refractivity contribution in [2.24, 2.45) is 12.8 Å². The van der Waals surface area contributed by atoms with Crippen LogP contribution >= 0.6 is 0 Å². The number of aryl methyl sites for hydroxylation is 1. The van der Waals surface area contributed by atoms with E-state index < -0.39 is 0 Å². The van der Waals surface area contributed by atoms with E-state index in [9.17, 15) is 4.79 Å². The van der Waals surface area contributed by atoms with Crippen LogP contribution in [0.25, 0.3) is 10.9 Å². The minimum atomic E-state index is -0.0893. The minimum absolute atomic E-state index is 0.0893. The van der Waals surface area contributed by atoms with Crippen LogP contribution in [-0.4, -0.2) is 15.6 Å². The van der Waals surface area contributed by atoms with Crippen molar-refractivity contribution in [3.8, 4) is 0 Å². The number of ketones is 1. The number of para-hydroxylation sites is 1. The number of carbonyl (C=O) groups excluding carboxylic acids is 1. The summed E-state index contributed by atoms with van der Waals surface area (Å²) >= 11 is 0. The summed E-state index contributed by atoms with van der Waals surface area (Å²) in [7, 11) is 1.87. The molecule has 20 heavy (non-hydrogen) atoms. The molecule has 3 rings (SSSR count). The van der Waals surface area contributed by atoms with Gasteiger partial charge in [0.25, 0.3) is 0 Å². The first-order valence-electron chi connectivity index (χ1n) is 6.41. The third-order valence-corrected chi connectivity index (χ3v) is 3.30. The molecule has 0 fully saturated rings. The fourth-order valence-corrected chi connectivity index (χ4v) is 2.30. The lowest BCUT2D eigenvalue weighted by molar-refractivity contribution is 0.0964. The van der Waals surface area contributed by atoms with Gasteiger partial charge in [0, 0.05) is 12.4 Å². The standard InChI is InChI=1S/C15H15N3O2/c1-18-13-5-3-2-4-11(13)12(17-18)8-14(19)15-7-6-10(9-16)20-15/h2-7H,8-9,16H2,1H3. The van der Waals surface area contributed by atoms with Gasteiger partial charge in [-0.15, -0.1) is 0 Å². The highest BCUT2D eigenvalue weighted by Gasteiger charge is 2.16. The SMILES string of the molecule is Cn1nc(CC(=O)c2ccc(CN)o2)c2ccccc21. The average Bonchev–Trinajstić information content (AvgIpc) is 3.05. The van der Waals surface area contributed by atoms with Crippen LogP contribution < -0.4 is 5.73 Å². The van der Waals surface area contributed by atoms with Crippen molar-refractivity contribution in [1.29, 1.82) is 0 Å². The average molecular weight is 269 g/mol. The number of nitrogens with zero attached hydrogens (tertiary/aromatic N) is 2. The molecule has 102 valence electrons. The maximum absolute atomic E-state index is 12.2. The van der Waals surface area contributed by atoms with E-state index in [2.05, 4.69) is 5.10 Å². The molecule has 0 amide bonds. The van der Waals surface area contributed by atoms with Crippen molar-refractivity contribution in [3.05, 3.63) is 53.6 Å². The second-order valence-electron chi connectivity index (χ2n) is 4.66. The zero-order valence-corrected chi connectivity index (χ0v) is 11.2. The normalized spacial score (nSPS) is 11.1. The summed E-state index contributed by atoms with van der Waals surface area (Å²) in [6.07, 6.45) is 0.221. The minimum Gasteiger partial charge on any atom is -0.457 e. The first-order valence-corrected chi connectivity index (χ1v) is 6.41. The number of aromatic nitrogens is 2. The van der Waals surface area contributed by atoms with Crippen LogP contribution in [0.15, 0.2) is 40.8 Å². The molecule has 2 aromatic heterocycles. The molecule has 1 aromatic carbocycles. The summed E-state index contributed by atoms with van der Waals surface area (Å²) in [6.45, 7) is 0.291. The van der Waals surface area contributed by atoms with Crippen LogP contribution in [0.4, 0.5) is 0 Å². The number of hydrogen-bond donors (Lipinski definition) is 1. The van der Waals surface area contributed by atoms with Crippen LogP contribution in [0.5, 0.6) is 0 Å². The van der Waals surface area contributed by atoms with Crippen LogP contribution in [0.1, 0.15) is 22.0 Å². The molecule has 0 saturated heterocycles. The van der Waals surface area contributed by atoms with Gasteiger partial charge < -0.3 is 10.2 Å². The monoisotopic (exact) mass is 269 g/mol. The molecule has 2 N–H and O–H groups in total. The van der Waals surface area contributed by atoms with E-state index in [1.165, 1.54) is 0 Å². The molecular weight excluding hydrogens is 254 g/mol. The highest BCUT2D eigenvalue weighted by molar-refractivity contribution is 5.97. The van der Waals surface area contributed by atoms with E-state index in [4.69, 9.17) is 10.2 Å². The van der Waals surface area contributed by atoms with E-state index in [1.54, 1.807) is 16.8 Å². The van der Waals surface area contributed by atoms with Crippen molar-refractivity contribution < 1.29 is 9.21 Å². The molecule has 0 aliphatic rings. The first kappa shape index (κ1) is 12.6. The van der Waals surface area contributed by atoms with Gasteiger partial charge in [-0.3, -0.25) is 9.48 Å². The maximum atomic E-state index is 12.2. The van der Waals surface area contributed by atoms with E-state index >= 15 is 0 Å². The molecule has 0 unspecified atom stereocenters. The highest BCUT2D eigenvalue weighted by atomic mass is 16.3. The largest absolute Gasteiger partial charge is 0.457 e. The molecule has 0 spiro atoms. The third kappa shape index (κ3) is 2.12. The van der Waals surface area contributed by atoms with Gasteiger partial charge in [-0.2, -0.15) is 5.10 Å². The van der Waals surface area contributed by atoms with E-state index in [0.717, 1.165) is 16.6 Å². The number of nitrogens with two attached hydrogens (primary N) is 1. The maximum Gasteiger partial charge on any atom is 0.204 e. The van der Waals surface area contributed by atoms with E-state index in [1.807, 2.05) is 31.3 Å². The second kappa shape index (κ2) is 4.94. The smallest absolute Gasteiger partial charge is 0.204 e. The van der Waals surface area contributed by atoms with E-state index in [0.29, 0.717) is 18.1 Å². The third-order valence-electron chi connectivity index (χ3n) is 3.30. The van der Waals surface area contributed by atoms with Crippen LogP contribution in [0, 0.1) is 0 Å². The molecule has 0 atom stereocenters. The topological polar surface area (TPSA) is 74.0 Å². The number of hydrogen-bond acceptors (Lipinski definition) is 4. The van der Waals surface area contributed by atoms with Gasteiger partial charge in [0.2, 0.25) is 5.78 Å². The van der Waals surface area contributed by atoms with Gasteiger partial charge in [-0.25, -0.2) is 0 Å². The molecule has 5 nitrogen and oxygen atoms in total. The van der Waals surface area contributed by atoms with Crippen molar-refractivity contribution in [2.75, 3.05) is 0 Å². The predicted octanol–water partition coefficient (Wildman–Crippen LogP) is 2.05. The number of benzene rings is 1. The summed E-state index contributed by atoms with van der Waals surface area (Å²) in [5.74, 6) is 0.855. The van der Waals surface area contributed by atoms with Crippen molar-refractivity contribution in [1.82, 2.24) is 9.78 Å². The summed E-state index contributed by atoms with van der Waals surface area (Å²) in [6, 6.07) is 11.2. The molecule has 0 aliphatic carbocycles. The number of furan rings is 1. The summed E-state index contributed by atoms with van der Waals surface area (Å²) in [4.78, 5) is 12.2. The summed E-state index contributed by atoms with van der Waals surface area (Å²) < 4.78 is 7.16. The molecule has 3 aromatic rings. The Morgan fingerprint density at radius 3 is 2.85 bits per heavy atom. The van der Waals surface area contributed by atoms with Crippen molar-refractivity contribution in [3.63, 3.8) is 0 Å². The van der Waals surface area contributed by atoms with Gasteiger partial charge in [-0.1, -0.05) is 18.2 Å². The van der Waals surface area contributed by atoms with Gasteiger partial charge in [-0.05, 0) is 18.2 Å². The second-order valence-corrected chi connectivity index (χ2v) is 4.66. The number of rotatable bonds is 4. The van der Waals surface area contributed by atoms with Gasteiger partial charge >= 0.3 is 0 Å². The lowest BCUT2D eigenvalue weighted by atomic mass is 10.1. The van der Waals surface area contributed by atoms with Crippen molar-refractivity contribution in [2.45, 2.75) is 13.0 Å². The van der Waals surface area contributed by atoms with Gasteiger partial charge in [0.05, 0.1) is 24.2 Å². The summed E-state index contributed by atoms with van der Waals surface area (Å²) in [5, 5.41) is 5.41. The molecular formula is C15H15N3O2. The Hall–Kier alpha value is -2.40. The molecule has 0 saturated carbocycles. The number of fused-ring (bicyclic) bond motifs is 1. The first-order chi connectivity index (χ1) is 9.69. The fourth-order valence-electron chi connectivity index (χ4n) is 2.30. The zero-order chi connectivity index (χ0) is 14.1. The van der Waals surface area contributed by atoms with Crippen LogP contribution in [0.3, 0.4) is 0 Å². The van der Waals surface area contributed by atoms with Gasteiger partial charge in [0.1, 0.15) is 5.76 Å². The molecule has 5 heteroatoms. The Kier molecular flexibility index (Phi) is 3.12. The summed E-state index contributed by atoms with van der Waals surface area (Å²) in [5.41, 5.74) is 7.25. The quantitative estimate of drug-likeness (QED) is 0.736. The van der Waals surface area contributed by atoms with E-state index in [-0.39, 0.29) is 12.2 Å². The molecule has 0 radical (unpaired) electrons. The predicted molar refractivity (Wildman–Crippen MR) is 75.3 cm³/mol. The Labute approximate surface area is 116 Å². The van der Waals surface area contributed by atoms with Crippen molar-refractivity contribution >= 4 is 16.7 Å². The number of Topliss-reactive ketones (excluding diaryl/α,β-unsaturated/α-hetero) is 1. The Bertz CT molecular complexity index is 770. The Balaban J connectivity index is 1.91. The lowest BCUT2D eigenvalue weighted by Crippen LogP contribution is -2.04. The highest BCUT2D eigenvalue weighted by Crippen LogP contribution is 2.19. The zero-order valence-electron chi connectivity index (χ0n) is 11.2. The van der Waals surface area contributed by atoms with Crippen LogP contribution in [-0.2, 0) is 20.0 Å². The molecule has 0 aliphatic heterocycles. The van der Waals surface area contributed by atoms with Gasteiger partial charge in [0.15, 0.2) is 5.76 Å².